The zero-order valence-corrected chi connectivity index (χ0v) is 20.7. The molecule has 0 aliphatic carbocycles. The van der Waals surface area contributed by atoms with Gasteiger partial charge in [0.2, 0.25) is 0 Å². The molecule has 4 rings (SSSR count). The molecule has 0 saturated carbocycles. The minimum atomic E-state index is -5.39. The largest absolute Gasteiger partial charge is 0.508 e. The number of anilines is 1. The van der Waals surface area contributed by atoms with Crippen molar-refractivity contribution in [2.75, 3.05) is 31.3 Å². The number of amides is 2. The van der Waals surface area contributed by atoms with Crippen LogP contribution in [0.2, 0.25) is 5.02 Å². The van der Waals surface area contributed by atoms with Crippen LogP contribution in [0.4, 0.5) is 23.7 Å². The summed E-state index contributed by atoms with van der Waals surface area (Å²) in [5.41, 5.74) is 5.35. The number of phenols is 1. The van der Waals surface area contributed by atoms with E-state index in [1.807, 2.05) is 17.0 Å². The van der Waals surface area contributed by atoms with Crippen LogP contribution in [0.3, 0.4) is 0 Å². The number of likely N-dealkylation sites (tertiary alicyclic amines) is 1. The monoisotopic (exact) mass is 559 g/mol. The van der Waals surface area contributed by atoms with E-state index in [0.717, 1.165) is 48.8 Å². The Balaban J connectivity index is 1.34. The molecular weight excluding hydrogens is 535 g/mol. The van der Waals surface area contributed by atoms with Crippen LogP contribution < -0.4 is 20.3 Å². The Bertz CT molecular complexity index is 1210. The summed E-state index contributed by atoms with van der Waals surface area (Å²) in [6.45, 7) is 1.14. The van der Waals surface area contributed by atoms with E-state index in [-0.39, 0.29) is 35.3 Å². The Hall–Kier alpha value is -3.42. The fraction of sp³-hybridized carbons (Fsp3) is 0.417. The standard InChI is InChI=1S/C24H25ClF3N3O7/c25-15-1-4-19-14(9-15)11-23(37-19)5-7-30(8-6-23)12-17(33)13-36-20-10-16(32)2-3-18(20)31(22(29)35)38-21(34)24(26,27)28/h1-4,9-10,17,32-33H,5-8,11-13H2,(H2,29,35)/t17-/m0/s1. The van der Waals surface area contributed by atoms with Crippen molar-refractivity contribution >= 4 is 29.3 Å². The minimum Gasteiger partial charge on any atom is -0.508 e. The molecule has 2 aliphatic rings. The first-order valence-corrected chi connectivity index (χ1v) is 12.0. The average Bonchev–Trinajstić information content (AvgIpc) is 3.19. The number of benzene rings is 2. The summed E-state index contributed by atoms with van der Waals surface area (Å²) in [5.74, 6) is -2.56. The molecule has 14 heteroatoms. The lowest BCUT2D eigenvalue weighted by Gasteiger charge is -2.39. The van der Waals surface area contributed by atoms with Gasteiger partial charge in [-0.2, -0.15) is 13.2 Å². The maximum absolute atomic E-state index is 12.6. The summed E-state index contributed by atoms with van der Waals surface area (Å²) in [7, 11) is 0. The molecule has 2 aliphatic heterocycles. The Morgan fingerprint density at radius 1 is 1.21 bits per heavy atom. The Labute approximate surface area is 220 Å². The number of hydrogen-bond acceptors (Lipinski definition) is 8. The van der Waals surface area contributed by atoms with Crippen LogP contribution in [-0.2, 0) is 16.1 Å². The van der Waals surface area contributed by atoms with Gasteiger partial charge in [0.1, 0.15) is 41.2 Å². The lowest BCUT2D eigenvalue weighted by Crippen LogP contribution is -2.49. The van der Waals surface area contributed by atoms with Crippen molar-refractivity contribution < 1.29 is 47.3 Å². The number of piperidine rings is 1. The van der Waals surface area contributed by atoms with Gasteiger partial charge in [-0.25, -0.2) is 9.59 Å². The van der Waals surface area contributed by atoms with Gasteiger partial charge >= 0.3 is 18.2 Å². The number of carbonyl (C=O) groups excluding carboxylic acids is 2. The van der Waals surface area contributed by atoms with Gasteiger partial charge in [0.05, 0.1) is 0 Å². The number of rotatable bonds is 6. The highest BCUT2D eigenvalue weighted by Gasteiger charge is 2.44. The molecule has 0 aromatic heterocycles. The zero-order valence-electron chi connectivity index (χ0n) is 19.9. The van der Waals surface area contributed by atoms with Gasteiger partial charge in [-0.3, -0.25) is 0 Å². The van der Waals surface area contributed by atoms with E-state index in [1.165, 1.54) is 0 Å². The molecule has 0 unspecified atom stereocenters. The van der Waals surface area contributed by atoms with Crippen molar-refractivity contribution in [2.24, 2.45) is 5.73 Å². The Morgan fingerprint density at radius 2 is 1.92 bits per heavy atom. The number of hydroxylamine groups is 1. The number of carbonyl (C=O) groups is 2. The number of hydrogen-bond donors (Lipinski definition) is 3. The fourth-order valence-electron chi connectivity index (χ4n) is 4.49. The molecule has 0 bridgehead atoms. The topological polar surface area (TPSA) is 135 Å². The van der Waals surface area contributed by atoms with E-state index >= 15 is 0 Å². The number of nitrogens with zero attached hydrogens (tertiary/aromatic N) is 2. The molecule has 38 heavy (non-hydrogen) atoms. The average molecular weight is 560 g/mol. The second-order valence-corrected chi connectivity index (χ2v) is 9.58. The number of primary amides is 1. The van der Waals surface area contributed by atoms with Crippen LogP contribution in [-0.4, -0.2) is 71.2 Å². The number of alkyl halides is 3. The number of β-amino-alcohol motifs (C(OH)–C–C–N with tert-alkyl or cyclic N) is 1. The zero-order chi connectivity index (χ0) is 27.7. The first-order chi connectivity index (χ1) is 17.8. The first-order valence-electron chi connectivity index (χ1n) is 11.6. The number of aliphatic hydroxyl groups excluding tert-OH is 1. The Morgan fingerprint density at radius 3 is 2.58 bits per heavy atom. The summed E-state index contributed by atoms with van der Waals surface area (Å²) in [4.78, 5) is 29.1. The van der Waals surface area contributed by atoms with Crippen LogP contribution in [0.25, 0.3) is 0 Å². The van der Waals surface area contributed by atoms with Crippen molar-refractivity contribution in [3.05, 3.63) is 47.0 Å². The molecule has 2 heterocycles. The quantitative estimate of drug-likeness (QED) is 0.460. The van der Waals surface area contributed by atoms with Crippen molar-refractivity contribution in [1.82, 2.24) is 4.90 Å². The van der Waals surface area contributed by atoms with Crippen LogP contribution in [0.5, 0.6) is 17.2 Å². The van der Waals surface area contributed by atoms with E-state index in [1.54, 1.807) is 6.07 Å². The molecule has 2 aromatic carbocycles. The van der Waals surface area contributed by atoms with Crippen LogP contribution in [0, 0.1) is 0 Å². The summed E-state index contributed by atoms with van der Waals surface area (Å²) in [6.07, 6.45) is -4.24. The minimum absolute atomic E-state index is 0.103. The lowest BCUT2D eigenvalue weighted by atomic mass is 9.87. The third-order valence-electron chi connectivity index (χ3n) is 6.30. The molecular formula is C24H25ClF3N3O7. The van der Waals surface area contributed by atoms with Crippen molar-refractivity contribution in [1.29, 1.82) is 0 Å². The predicted molar refractivity (Wildman–Crippen MR) is 128 cm³/mol. The SMILES string of the molecule is NC(=O)N(OC(=O)C(F)(F)F)c1ccc(O)cc1OC[C@@H](O)CN1CCC2(CC1)Cc1cc(Cl)ccc1O2. The van der Waals surface area contributed by atoms with Gasteiger partial charge in [-0.15, -0.1) is 5.06 Å². The van der Waals surface area contributed by atoms with Crippen molar-refractivity contribution in [3.8, 4) is 17.2 Å². The maximum atomic E-state index is 12.6. The van der Waals surface area contributed by atoms with Crippen LogP contribution in [0.15, 0.2) is 36.4 Å². The molecule has 1 saturated heterocycles. The van der Waals surface area contributed by atoms with E-state index < -0.39 is 30.0 Å². The van der Waals surface area contributed by atoms with Crippen molar-refractivity contribution in [3.63, 3.8) is 0 Å². The summed E-state index contributed by atoms with van der Waals surface area (Å²) >= 11 is 6.09. The van der Waals surface area contributed by atoms with Crippen LogP contribution >= 0.6 is 11.6 Å². The smallest absolute Gasteiger partial charge is 0.493 e. The lowest BCUT2D eigenvalue weighted by molar-refractivity contribution is -0.199. The van der Waals surface area contributed by atoms with Gasteiger partial charge in [-0.05, 0) is 35.9 Å². The molecule has 1 atom stereocenters. The number of aliphatic hydroxyl groups is 1. The van der Waals surface area contributed by atoms with E-state index in [9.17, 15) is 33.0 Å². The van der Waals surface area contributed by atoms with E-state index in [0.29, 0.717) is 18.1 Å². The molecule has 2 amide bonds. The highest BCUT2D eigenvalue weighted by atomic mass is 35.5. The van der Waals surface area contributed by atoms with E-state index in [4.69, 9.17) is 26.8 Å². The molecule has 10 nitrogen and oxygen atoms in total. The normalized spacial score (nSPS) is 17.4. The molecule has 1 spiro atoms. The summed E-state index contributed by atoms with van der Waals surface area (Å²) < 4.78 is 49.6. The number of phenolic OH excluding ortho intramolecular Hbond substituents is 1. The highest BCUT2D eigenvalue weighted by molar-refractivity contribution is 6.30. The molecule has 1 fully saturated rings. The molecule has 0 radical (unpaired) electrons. The van der Waals surface area contributed by atoms with Gasteiger partial charge in [0.25, 0.3) is 0 Å². The van der Waals surface area contributed by atoms with Crippen molar-refractivity contribution in [2.45, 2.75) is 37.1 Å². The first kappa shape index (κ1) is 27.6. The molecule has 206 valence electrons. The van der Waals surface area contributed by atoms with Gasteiger partial charge in [0.15, 0.2) is 0 Å². The van der Waals surface area contributed by atoms with Gasteiger partial charge < -0.3 is 35.2 Å². The predicted octanol–water partition coefficient (Wildman–Crippen LogP) is 3.16. The molecule has 2 aromatic rings. The number of halogens is 4. The maximum Gasteiger partial charge on any atom is 0.493 e. The number of ether oxygens (including phenoxy) is 2. The second kappa shape index (κ2) is 10.8. The Kier molecular flexibility index (Phi) is 7.81. The third-order valence-corrected chi connectivity index (χ3v) is 6.53. The van der Waals surface area contributed by atoms with Gasteiger partial charge in [0, 0.05) is 50.0 Å². The molecule has 4 N–H and O–H groups in total. The van der Waals surface area contributed by atoms with Crippen LogP contribution in [0.1, 0.15) is 18.4 Å². The number of aromatic hydroxyl groups is 1. The van der Waals surface area contributed by atoms with Gasteiger partial charge in [-0.1, -0.05) is 11.6 Å². The third kappa shape index (κ3) is 6.34. The number of nitrogens with two attached hydrogens (primary N) is 1. The number of urea groups is 1. The highest BCUT2D eigenvalue weighted by Crippen LogP contribution is 2.42. The summed E-state index contributed by atoms with van der Waals surface area (Å²) in [6, 6.07) is 6.98. The second-order valence-electron chi connectivity index (χ2n) is 9.14. The summed E-state index contributed by atoms with van der Waals surface area (Å²) in [5, 5.41) is 20.9. The van der Waals surface area contributed by atoms with E-state index in [2.05, 4.69) is 4.84 Å². The fourth-order valence-corrected chi connectivity index (χ4v) is 4.69. The number of fused-ring (bicyclic) bond motifs is 1.